The van der Waals surface area contributed by atoms with Crippen LogP contribution in [0.2, 0.25) is 0 Å². The minimum absolute atomic E-state index is 0.161. The fraction of sp³-hybridized carbons (Fsp3) is 0.538. The summed E-state index contributed by atoms with van der Waals surface area (Å²) >= 11 is 0. The van der Waals surface area contributed by atoms with Crippen LogP contribution >= 0.6 is 0 Å². The fourth-order valence-electron chi connectivity index (χ4n) is 1.30. The van der Waals surface area contributed by atoms with Gasteiger partial charge in [-0.25, -0.2) is 4.39 Å². The molecule has 1 aromatic carbocycles. The van der Waals surface area contributed by atoms with Crippen LogP contribution in [-0.2, 0) is 0 Å². The zero-order chi connectivity index (χ0) is 13.1. The molecule has 96 valence electrons. The third kappa shape index (κ3) is 4.13. The molecule has 0 radical (unpaired) electrons. The van der Waals surface area contributed by atoms with E-state index in [0.717, 1.165) is 6.42 Å². The topological polar surface area (TPSA) is 44.5 Å². The molecule has 0 bridgehead atoms. The minimum atomic E-state index is -0.461. The number of methoxy groups -OCH3 is 1. The molecule has 0 aliphatic rings. The summed E-state index contributed by atoms with van der Waals surface area (Å²) in [7, 11) is 1.49. The lowest BCUT2D eigenvalue weighted by Crippen LogP contribution is -2.11. The summed E-state index contributed by atoms with van der Waals surface area (Å²) < 4.78 is 23.9. The van der Waals surface area contributed by atoms with Crippen LogP contribution in [-0.4, -0.2) is 13.7 Å². The second-order valence-corrected chi connectivity index (χ2v) is 5.18. The van der Waals surface area contributed by atoms with E-state index >= 15 is 0 Å². The second kappa shape index (κ2) is 5.25. The molecule has 2 N–H and O–H groups in total. The van der Waals surface area contributed by atoms with E-state index in [1.807, 2.05) is 0 Å². The van der Waals surface area contributed by atoms with Crippen LogP contribution < -0.4 is 15.2 Å². The van der Waals surface area contributed by atoms with Crippen LogP contribution in [0, 0.1) is 11.2 Å². The third-order valence-electron chi connectivity index (χ3n) is 2.39. The number of hydrogen-bond donors (Lipinski definition) is 1. The molecule has 0 aliphatic heterocycles. The summed E-state index contributed by atoms with van der Waals surface area (Å²) in [5, 5.41) is 0. The van der Waals surface area contributed by atoms with Crippen molar-refractivity contribution in [3.05, 3.63) is 17.9 Å². The summed E-state index contributed by atoms with van der Waals surface area (Å²) in [5.74, 6) is 0.148. The Morgan fingerprint density at radius 3 is 2.41 bits per heavy atom. The van der Waals surface area contributed by atoms with Gasteiger partial charge in [-0.15, -0.1) is 0 Å². The lowest BCUT2D eigenvalue weighted by Gasteiger charge is -2.18. The van der Waals surface area contributed by atoms with Crippen molar-refractivity contribution in [2.24, 2.45) is 5.41 Å². The number of nitrogens with two attached hydrogens (primary N) is 1. The number of benzene rings is 1. The van der Waals surface area contributed by atoms with Gasteiger partial charge in [0, 0.05) is 12.1 Å². The average molecular weight is 241 g/mol. The smallest absolute Gasteiger partial charge is 0.167 e. The summed E-state index contributed by atoms with van der Waals surface area (Å²) in [5.41, 5.74) is 6.01. The highest BCUT2D eigenvalue weighted by atomic mass is 19.1. The van der Waals surface area contributed by atoms with E-state index in [2.05, 4.69) is 20.8 Å². The van der Waals surface area contributed by atoms with E-state index in [4.69, 9.17) is 15.2 Å². The van der Waals surface area contributed by atoms with Crippen molar-refractivity contribution in [1.29, 1.82) is 0 Å². The van der Waals surface area contributed by atoms with Crippen molar-refractivity contribution in [2.75, 3.05) is 19.5 Å². The summed E-state index contributed by atoms with van der Waals surface area (Å²) in [6.45, 7) is 6.79. The van der Waals surface area contributed by atoms with E-state index in [9.17, 15) is 4.39 Å². The first-order valence-corrected chi connectivity index (χ1v) is 5.59. The highest BCUT2D eigenvalue weighted by Gasteiger charge is 2.13. The monoisotopic (exact) mass is 241 g/mol. The van der Waals surface area contributed by atoms with E-state index in [-0.39, 0.29) is 16.9 Å². The predicted octanol–water partition coefficient (Wildman–Crippen LogP) is 3.23. The SMILES string of the molecule is COc1cc(OCCC(C)(C)C)c(F)cc1N. The molecule has 3 nitrogen and oxygen atoms in total. The summed E-state index contributed by atoms with van der Waals surface area (Å²) in [4.78, 5) is 0. The summed E-state index contributed by atoms with van der Waals surface area (Å²) in [6.07, 6.45) is 0.846. The molecule has 0 amide bonds. The van der Waals surface area contributed by atoms with Gasteiger partial charge in [-0.2, -0.15) is 0 Å². The maximum Gasteiger partial charge on any atom is 0.167 e. The van der Waals surface area contributed by atoms with Crippen molar-refractivity contribution in [3.63, 3.8) is 0 Å². The molecule has 0 saturated carbocycles. The van der Waals surface area contributed by atoms with Gasteiger partial charge >= 0.3 is 0 Å². The highest BCUT2D eigenvalue weighted by Crippen LogP contribution is 2.30. The molecular weight excluding hydrogens is 221 g/mol. The normalized spacial score (nSPS) is 11.4. The first-order chi connectivity index (χ1) is 7.83. The Balaban J connectivity index is 2.71. The fourth-order valence-corrected chi connectivity index (χ4v) is 1.30. The number of nitrogen functional groups attached to an aromatic ring is 1. The molecule has 0 aromatic heterocycles. The number of rotatable bonds is 4. The molecule has 1 rings (SSSR count). The van der Waals surface area contributed by atoms with E-state index in [1.54, 1.807) is 0 Å². The van der Waals surface area contributed by atoms with Gasteiger partial charge < -0.3 is 15.2 Å². The molecule has 0 aliphatic carbocycles. The largest absolute Gasteiger partial charge is 0.494 e. The van der Waals surface area contributed by atoms with Crippen molar-refractivity contribution >= 4 is 5.69 Å². The Labute approximate surface area is 102 Å². The van der Waals surface area contributed by atoms with Gasteiger partial charge in [0.15, 0.2) is 11.6 Å². The van der Waals surface area contributed by atoms with Crippen molar-refractivity contribution in [2.45, 2.75) is 27.2 Å². The summed E-state index contributed by atoms with van der Waals surface area (Å²) in [6, 6.07) is 2.69. The van der Waals surface area contributed by atoms with E-state index in [1.165, 1.54) is 19.2 Å². The standard InChI is InChI=1S/C13H20FNO2/c1-13(2,3)5-6-17-11-8-12(16-4)10(15)7-9(11)14/h7-8H,5-6,15H2,1-4H3. The predicted molar refractivity (Wildman–Crippen MR) is 66.9 cm³/mol. The van der Waals surface area contributed by atoms with E-state index < -0.39 is 5.82 Å². The van der Waals surface area contributed by atoms with E-state index in [0.29, 0.717) is 12.4 Å². The molecule has 0 saturated heterocycles. The minimum Gasteiger partial charge on any atom is -0.494 e. The van der Waals surface area contributed by atoms with Crippen LogP contribution in [0.3, 0.4) is 0 Å². The second-order valence-electron chi connectivity index (χ2n) is 5.18. The molecule has 1 aromatic rings. The number of hydrogen-bond acceptors (Lipinski definition) is 3. The highest BCUT2D eigenvalue weighted by molar-refractivity contribution is 5.56. The number of ether oxygens (including phenoxy) is 2. The van der Waals surface area contributed by atoms with Crippen LogP contribution in [0.1, 0.15) is 27.2 Å². The van der Waals surface area contributed by atoms with Crippen molar-refractivity contribution < 1.29 is 13.9 Å². The van der Waals surface area contributed by atoms with Gasteiger partial charge in [-0.3, -0.25) is 0 Å². The number of anilines is 1. The van der Waals surface area contributed by atoms with Gasteiger partial charge in [0.1, 0.15) is 5.75 Å². The molecule has 0 spiro atoms. The Kier molecular flexibility index (Phi) is 4.21. The van der Waals surface area contributed by atoms with Crippen LogP contribution in [0.5, 0.6) is 11.5 Å². The number of halogens is 1. The van der Waals surface area contributed by atoms with Gasteiger partial charge in [-0.1, -0.05) is 20.8 Å². The quantitative estimate of drug-likeness (QED) is 0.823. The zero-order valence-electron chi connectivity index (χ0n) is 10.8. The lowest BCUT2D eigenvalue weighted by atomic mass is 9.93. The molecule has 4 heteroatoms. The zero-order valence-corrected chi connectivity index (χ0v) is 10.8. The maximum absolute atomic E-state index is 13.5. The first kappa shape index (κ1) is 13.6. The van der Waals surface area contributed by atoms with Crippen LogP contribution in [0.15, 0.2) is 12.1 Å². The lowest BCUT2D eigenvalue weighted by molar-refractivity contribution is 0.234. The van der Waals surface area contributed by atoms with Gasteiger partial charge in [0.2, 0.25) is 0 Å². The molecule has 0 fully saturated rings. The first-order valence-electron chi connectivity index (χ1n) is 5.59. The Morgan fingerprint density at radius 2 is 1.88 bits per heavy atom. The molecule has 0 heterocycles. The van der Waals surface area contributed by atoms with Gasteiger partial charge in [-0.05, 0) is 11.8 Å². The Bertz CT molecular complexity index is 386. The molecule has 0 unspecified atom stereocenters. The van der Waals surface area contributed by atoms with Crippen LogP contribution in [0.25, 0.3) is 0 Å². The Hall–Kier alpha value is -1.45. The van der Waals surface area contributed by atoms with Crippen LogP contribution in [0.4, 0.5) is 10.1 Å². The molecule has 0 atom stereocenters. The van der Waals surface area contributed by atoms with Crippen molar-refractivity contribution in [3.8, 4) is 11.5 Å². The molecular formula is C13H20FNO2. The van der Waals surface area contributed by atoms with Gasteiger partial charge in [0.05, 0.1) is 19.4 Å². The molecule has 17 heavy (non-hydrogen) atoms. The average Bonchev–Trinajstić information content (AvgIpc) is 2.19. The Morgan fingerprint density at radius 1 is 1.24 bits per heavy atom. The third-order valence-corrected chi connectivity index (χ3v) is 2.39. The van der Waals surface area contributed by atoms with Crippen molar-refractivity contribution in [1.82, 2.24) is 0 Å². The van der Waals surface area contributed by atoms with Gasteiger partial charge in [0.25, 0.3) is 0 Å². The maximum atomic E-state index is 13.5.